The average Bonchev–Trinajstić information content (AvgIpc) is 2.59. The number of hydrogen-bond acceptors (Lipinski definition) is 5. The topological polar surface area (TPSA) is 70.4 Å². The van der Waals surface area contributed by atoms with Crippen molar-refractivity contribution >= 4 is 12.1 Å². The number of carbonyl (C=O) groups excluding carboxylic acids is 2. The molecule has 0 unspecified atom stereocenters. The molecule has 0 radical (unpaired) electrons. The minimum Gasteiger partial charge on any atom is -0.454 e. The van der Waals surface area contributed by atoms with Gasteiger partial charge >= 0.3 is 12.1 Å². The number of nitrogens with zero attached hydrogens (tertiary/aromatic N) is 2. The van der Waals surface area contributed by atoms with E-state index in [2.05, 4.69) is 4.98 Å². The minimum atomic E-state index is -0.664. The predicted octanol–water partition coefficient (Wildman–Crippen LogP) is 2.62. The van der Waals surface area contributed by atoms with Crippen molar-refractivity contribution in [2.75, 3.05) is 0 Å². The molecule has 0 atom stereocenters. The third-order valence-electron chi connectivity index (χ3n) is 1.81. The molecule has 0 amide bonds. The van der Waals surface area contributed by atoms with E-state index in [1.54, 1.807) is 41.5 Å². The van der Waals surface area contributed by atoms with Gasteiger partial charge < -0.3 is 9.47 Å². The molecule has 6 heteroatoms. The first-order valence-corrected chi connectivity index (χ1v) is 6.00. The highest BCUT2D eigenvalue weighted by atomic mass is 16.6. The Bertz CT molecular complexity index is 435. The molecule has 0 saturated heterocycles. The molecule has 0 aliphatic carbocycles. The molecule has 0 fully saturated rings. The second-order valence-electron chi connectivity index (χ2n) is 6.10. The van der Waals surface area contributed by atoms with Crippen LogP contribution in [-0.2, 0) is 9.47 Å². The standard InChI is InChI=1S/C13H20N2O4/c1-12(2,3)18-10(16)9-14-7-8-15(9)11(17)19-13(4,5)6/h7-8H,1-6H3. The van der Waals surface area contributed by atoms with E-state index in [0.717, 1.165) is 4.57 Å². The molecule has 19 heavy (non-hydrogen) atoms. The maximum absolute atomic E-state index is 11.9. The molecule has 1 aromatic rings. The SMILES string of the molecule is CC(C)(C)OC(=O)c1nccn1C(=O)OC(C)(C)C. The Morgan fingerprint density at radius 3 is 2.05 bits per heavy atom. The van der Waals surface area contributed by atoms with Crippen LogP contribution in [0.25, 0.3) is 0 Å². The van der Waals surface area contributed by atoms with Gasteiger partial charge in [0.1, 0.15) is 11.2 Å². The highest BCUT2D eigenvalue weighted by Crippen LogP contribution is 2.13. The van der Waals surface area contributed by atoms with E-state index in [1.165, 1.54) is 12.4 Å². The van der Waals surface area contributed by atoms with Crippen molar-refractivity contribution < 1.29 is 19.1 Å². The molecule has 0 aliphatic rings. The van der Waals surface area contributed by atoms with Crippen LogP contribution in [-0.4, -0.2) is 32.8 Å². The van der Waals surface area contributed by atoms with Crippen LogP contribution >= 0.6 is 0 Å². The number of esters is 1. The number of ether oxygens (including phenoxy) is 2. The summed E-state index contributed by atoms with van der Waals surface area (Å²) in [5, 5.41) is 0. The van der Waals surface area contributed by atoms with Crippen LogP contribution in [0, 0.1) is 0 Å². The van der Waals surface area contributed by atoms with Gasteiger partial charge in [0.2, 0.25) is 5.82 Å². The van der Waals surface area contributed by atoms with Crippen molar-refractivity contribution in [3.8, 4) is 0 Å². The van der Waals surface area contributed by atoms with Gasteiger partial charge in [-0.3, -0.25) is 0 Å². The maximum atomic E-state index is 11.9. The molecule has 106 valence electrons. The van der Waals surface area contributed by atoms with Crippen molar-refractivity contribution in [2.45, 2.75) is 52.7 Å². The smallest absolute Gasteiger partial charge is 0.420 e. The van der Waals surface area contributed by atoms with Gasteiger partial charge in [-0.05, 0) is 41.5 Å². The number of rotatable bonds is 1. The molecule has 0 bridgehead atoms. The fourth-order valence-corrected chi connectivity index (χ4v) is 1.24. The number of imidazole rings is 1. The molecule has 0 aliphatic heterocycles. The van der Waals surface area contributed by atoms with Crippen LogP contribution < -0.4 is 0 Å². The van der Waals surface area contributed by atoms with E-state index in [4.69, 9.17) is 9.47 Å². The van der Waals surface area contributed by atoms with E-state index in [1.807, 2.05) is 0 Å². The van der Waals surface area contributed by atoms with Crippen molar-refractivity contribution in [1.82, 2.24) is 9.55 Å². The zero-order valence-corrected chi connectivity index (χ0v) is 12.2. The fraction of sp³-hybridized carbons (Fsp3) is 0.615. The molecule has 1 aromatic heterocycles. The Hall–Kier alpha value is -1.85. The third-order valence-corrected chi connectivity index (χ3v) is 1.81. The maximum Gasteiger partial charge on any atom is 0.420 e. The van der Waals surface area contributed by atoms with Gasteiger partial charge in [-0.15, -0.1) is 0 Å². The Morgan fingerprint density at radius 1 is 1.05 bits per heavy atom. The summed E-state index contributed by atoms with van der Waals surface area (Å²) in [7, 11) is 0. The summed E-state index contributed by atoms with van der Waals surface area (Å²) in [4.78, 5) is 27.6. The molecular weight excluding hydrogens is 248 g/mol. The van der Waals surface area contributed by atoms with Crippen LogP contribution in [0.15, 0.2) is 12.4 Å². The van der Waals surface area contributed by atoms with Crippen molar-refractivity contribution in [3.63, 3.8) is 0 Å². The first-order valence-electron chi connectivity index (χ1n) is 6.00. The lowest BCUT2D eigenvalue weighted by Crippen LogP contribution is -2.31. The lowest BCUT2D eigenvalue weighted by atomic mass is 10.2. The molecule has 0 aromatic carbocycles. The summed E-state index contributed by atoms with van der Waals surface area (Å²) in [5.41, 5.74) is -1.30. The van der Waals surface area contributed by atoms with Gasteiger partial charge in [0.15, 0.2) is 0 Å². The summed E-state index contributed by atoms with van der Waals surface area (Å²) in [6.45, 7) is 10.5. The van der Waals surface area contributed by atoms with Crippen LogP contribution in [0.2, 0.25) is 0 Å². The Kier molecular flexibility index (Phi) is 4.03. The molecule has 0 spiro atoms. The second kappa shape index (κ2) is 5.03. The van der Waals surface area contributed by atoms with Crippen molar-refractivity contribution in [1.29, 1.82) is 0 Å². The van der Waals surface area contributed by atoms with Gasteiger partial charge in [0.05, 0.1) is 0 Å². The molecule has 1 heterocycles. The van der Waals surface area contributed by atoms with Crippen molar-refractivity contribution in [2.24, 2.45) is 0 Å². The van der Waals surface area contributed by atoms with E-state index in [0.29, 0.717) is 0 Å². The van der Waals surface area contributed by atoms with E-state index >= 15 is 0 Å². The summed E-state index contributed by atoms with van der Waals surface area (Å²) < 4.78 is 11.4. The summed E-state index contributed by atoms with van der Waals surface area (Å²) in [6.07, 6.45) is 2.06. The van der Waals surface area contributed by atoms with Crippen LogP contribution in [0.5, 0.6) is 0 Å². The lowest BCUT2D eigenvalue weighted by molar-refractivity contribution is 0.00418. The van der Waals surface area contributed by atoms with Gasteiger partial charge in [-0.2, -0.15) is 0 Å². The quantitative estimate of drug-likeness (QED) is 0.732. The number of carbonyl (C=O) groups is 2. The van der Waals surface area contributed by atoms with Crippen molar-refractivity contribution in [3.05, 3.63) is 18.2 Å². The summed E-state index contributed by atoms with van der Waals surface area (Å²) in [5.74, 6) is -0.757. The van der Waals surface area contributed by atoms with Crippen LogP contribution in [0.4, 0.5) is 4.79 Å². The Labute approximate surface area is 112 Å². The highest BCUT2D eigenvalue weighted by molar-refractivity contribution is 5.90. The minimum absolute atomic E-state index is 0.0934. The molecule has 6 nitrogen and oxygen atoms in total. The monoisotopic (exact) mass is 268 g/mol. The molecule has 0 N–H and O–H groups in total. The lowest BCUT2D eigenvalue weighted by Gasteiger charge is -2.21. The first-order chi connectivity index (χ1) is 8.49. The van der Waals surface area contributed by atoms with Crippen LogP contribution in [0.3, 0.4) is 0 Å². The second-order valence-corrected chi connectivity index (χ2v) is 6.10. The third kappa shape index (κ3) is 4.73. The zero-order chi connectivity index (χ0) is 14.8. The molecule has 0 saturated carbocycles. The van der Waals surface area contributed by atoms with Gasteiger partial charge in [-0.1, -0.05) is 0 Å². The molecule has 1 rings (SSSR count). The number of aromatic nitrogens is 2. The molecular formula is C13H20N2O4. The Morgan fingerprint density at radius 2 is 1.58 bits per heavy atom. The predicted molar refractivity (Wildman–Crippen MR) is 69.0 cm³/mol. The van der Waals surface area contributed by atoms with Gasteiger partial charge in [-0.25, -0.2) is 19.1 Å². The summed E-state index contributed by atoms with van der Waals surface area (Å²) >= 11 is 0. The van der Waals surface area contributed by atoms with Gasteiger partial charge in [0.25, 0.3) is 0 Å². The van der Waals surface area contributed by atoms with E-state index in [9.17, 15) is 9.59 Å². The largest absolute Gasteiger partial charge is 0.454 e. The number of hydrogen-bond donors (Lipinski definition) is 0. The van der Waals surface area contributed by atoms with E-state index in [-0.39, 0.29) is 5.82 Å². The Balaban J connectivity index is 2.92. The van der Waals surface area contributed by atoms with Gasteiger partial charge in [0, 0.05) is 12.4 Å². The summed E-state index contributed by atoms with van der Waals surface area (Å²) in [6, 6.07) is 0. The van der Waals surface area contributed by atoms with E-state index < -0.39 is 23.3 Å². The normalized spacial score (nSPS) is 12.1. The fourth-order valence-electron chi connectivity index (χ4n) is 1.24. The van der Waals surface area contributed by atoms with Crippen LogP contribution in [0.1, 0.15) is 52.2 Å². The highest BCUT2D eigenvalue weighted by Gasteiger charge is 2.26. The zero-order valence-electron chi connectivity index (χ0n) is 12.2. The average molecular weight is 268 g/mol. The first kappa shape index (κ1) is 15.2.